The highest BCUT2D eigenvalue weighted by molar-refractivity contribution is 6.34. The third-order valence-corrected chi connectivity index (χ3v) is 3.87. The lowest BCUT2D eigenvalue weighted by Crippen LogP contribution is -2.04. The van der Waals surface area contributed by atoms with Crippen molar-refractivity contribution in [1.82, 2.24) is 0 Å². The molecule has 0 spiro atoms. The summed E-state index contributed by atoms with van der Waals surface area (Å²) in [6.45, 7) is 0. The van der Waals surface area contributed by atoms with Gasteiger partial charge >= 0.3 is 0 Å². The fraction of sp³-hybridized carbons (Fsp3) is 0.0625. The minimum atomic E-state index is -0.686. The molecule has 0 unspecified atom stereocenters. The van der Waals surface area contributed by atoms with Crippen LogP contribution >= 0.6 is 23.2 Å². The van der Waals surface area contributed by atoms with E-state index in [0.29, 0.717) is 21.8 Å². The summed E-state index contributed by atoms with van der Waals surface area (Å²) in [5.41, 5.74) is 1.76. The van der Waals surface area contributed by atoms with Crippen LogP contribution in [0.25, 0.3) is 5.57 Å². The Balaban J connectivity index is 1.96. The highest BCUT2D eigenvalue weighted by Gasteiger charge is 2.24. The molecular formula is C16H9Cl2F2NO. The molecule has 1 aliphatic rings. The number of nitrogens with one attached hydrogen (secondary N) is 1. The van der Waals surface area contributed by atoms with Gasteiger partial charge in [0.25, 0.3) is 5.91 Å². The van der Waals surface area contributed by atoms with Gasteiger partial charge < -0.3 is 5.32 Å². The van der Waals surface area contributed by atoms with E-state index in [1.165, 1.54) is 0 Å². The van der Waals surface area contributed by atoms with Crippen molar-refractivity contribution in [1.29, 1.82) is 0 Å². The third kappa shape index (κ3) is 2.72. The summed E-state index contributed by atoms with van der Waals surface area (Å²) in [4.78, 5) is 12.0. The lowest BCUT2D eigenvalue weighted by molar-refractivity contribution is -0.110. The first kappa shape index (κ1) is 15.0. The number of hydrogen-bond donors (Lipinski definition) is 1. The summed E-state index contributed by atoms with van der Waals surface area (Å²) in [5.74, 6) is -1.61. The predicted molar refractivity (Wildman–Crippen MR) is 83.1 cm³/mol. The number of allylic oxidation sites excluding steroid dienone is 1. The Bertz CT molecular complexity index is 818. The average molecular weight is 340 g/mol. The van der Waals surface area contributed by atoms with Crippen molar-refractivity contribution in [3.63, 3.8) is 0 Å². The SMILES string of the molecule is O=C1Nc2cc(Cl)ccc2/C1=C\Cc1cc(F)cc(Cl)c1F. The van der Waals surface area contributed by atoms with Gasteiger partial charge in [0.1, 0.15) is 11.6 Å². The van der Waals surface area contributed by atoms with E-state index in [9.17, 15) is 13.6 Å². The molecule has 0 aromatic heterocycles. The van der Waals surface area contributed by atoms with E-state index in [-0.39, 0.29) is 22.9 Å². The van der Waals surface area contributed by atoms with E-state index >= 15 is 0 Å². The summed E-state index contributed by atoms with van der Waals surface area (Å²) < 4.78 is 27.2. The number of halogens is 4. The Hall–Kier alpha value is -1.91. The van der Waals surface area contributed by atoms with Gasteiger partial charge in [-0.15, -0.1) is 0 Å². The maximum Gasteiger partial charge on any atom is 0.256 e. The zero-order chi connectivity index (χ0) is 15.9. The molecule has 0 radical (unpaired) electrons. The molecule has 0 atom stereocenters. The first-order valence-corrected chi connectivity index (χ1v) is 7.16. The summed E-state index contributed by atoms with van der Waals surface area (Å²) in [7, 11) is 0. The van der Waals surface area contributed by atoms with Crippen LogP contribution in [0.5, 0.6) is 0 Å². The van der Waals surface area contributed by atoms with E-state index in [0.717, 1.165) is 12.1 Å². The van der Waals surface area contributed by atoms with Gasteiger partial charge in [-0.25, -0.2) is 8.78 Å². The van der Waals surface area contributed by atoms with Gasteiger partial charge in [-0.1, -0.05) is 35.3 Å². The van der Waals surface area contributed by atoms with E-state index < -0.39 is 11.6 Å². The van der Waals surface area contributed by atoms with Gasteiger partial charge in [-0.05, 0) is 36.2 Å². The van der Waals surface area contributed by atoms with Crippen molar-refractivity contribution >= 4 is 40.4 Å². The molecule has 0 aliphatic carbocycles. The Morgan fingerprint density at radius 2 is 1.91 bits per heavy atom. The number of hydrogen-bond acceptors (Lipinski definition) is 1. The van der Waals surface area contributed by atoms with Crippen LogP contribution in [0.4, 0.5) is 14.5 Å². The first-order chi connectivity index (χ1) is 10.5. The molecule has 3 rings (SSSR count). The molecule has 0 saturated carbocycles. The number of carbonyl (C=O) groups excluding carboxylic acids is 1. The van der Waals surface area contributed by atoms with Crippen molar-refractivity contribution in [2.75, 3.05) is 5.32 Å². The third-order valence-electron chi connectivity index (χ3n) is 3.36. The van der Waals surface area contributed by atoms with Crippen molar-refractivity contribution in [3.8, 4) is 0 Å². The fourth-order valence-electron chi connectivity index (χ4n) is 2.34. The molecule has 1 amide bonds. The van der Waals surface area contributed by atoms with E-state index in [1.54, 1.807) is 24.3 Å². The predicted octanol–water partition coefficient (Wildman–Crippen LogP) is 4.85. The molecule has 1 N–H and O–H groups in total. The fourth-order valence-corrected chi connectivity index (χ4v) is 2.74. The van der Waals surface area contributed by atoms with Crippen molar-refractivity contribution < 1.29 is 13.6 Å². The molecule has 2 nitrogen and oxygen atoms in total. The number of benzene rings is 2. The van der Waals surface area contributed by atoms with Crippen LogP contribution in [-0.4, -0.2) is 5.91 Å². The smallest absolute Gasteiger partial charge is 0.256 e. The quantitative estimate of drug-likeness (QED) is 0.615. The molecule has 2 aromatic carbocycles. The Labute approximate surface area is 135 Å². The normalized spacial score (nSPS) is 15.1. The number of fused-ring (bicyclic) bond motifs is 1. The summed E-state index contributed by atoms with van der Waals surface area (Å²) in [5, 5.41) is 2.90. The molecule has 1 aliphatic heterocycles. The lowest BCUT2D eigenvalue weighted by atomic mass is 10.0. The van der Waals surface area contributed by atoms with Gasteiger partial charge in [-0.2, -0.15) is 0 Å². The van der Waals surface area contributed by atoms with Crippen LogP contribution in [0.3, 0.4) is 0 Å². The summed E-state index contributed by atoms with van der Waals surface area (Å²) in [6, 6.07) is 6.97. The minimum absolute atomic E-state index is 0.0497. The van der Waals surface area contributed by atoms with Gasteiger partial charge in [0.2, 0.25) is 0 Å². The molecule has 6 heteroatoms. The summed E-state index contributed by atoms with van der Waals surface area (Å²) >= 11 is 11.5. The van der Waals surface area contributed by atoms with Crippen LogP contribution in [0, 0.1) is 11.6 Å². The monoisotopic (exact) mass is 339 g/mol. The van der Waals surface area contributed by atoms with Gasteiger partial charge in [-0.3, -0.25) is 4.79 Å². The van der Waals surface area contributed by atoms with E-state index in [2.05, 4.69) is 5.32 Å². The van der Waals surface area contributed by atoms with Crippen molar-refractivity contribution in [2.24, 2.45) is 0 Å². The molecular weight excluding hydrogens is 331 g/mol. The Kier molecular flexibility index (Phi) is 3.89. The highest BCUT2D eigenvalue weighted by atomic mass is 35.5. The number of anilines is 1. The highest BCUT2D eigenvalue weighted by Crippen LogP contribution is 2.34. The van der Waals surface area contributed by atoms with Gasteiger partial charge in [0.05, 0.1) is 10.7 Å². The second kappa shape index (κ2) is 5.71. The van der Waals surface area contributed by atoms with Gasteiger partial charge in [0, 0.05) is 16.2 Å². The van der Waals surface area contributed by atoms with Crippen LogP contribution in [0.2, 0.25) is 10.0 Å². The van der Waals surface area contributed by atoms with E-state index in [1.807, 2.05) is 0 Å². The average Bonchev–Trinajstić information content (AvgIpc) is 2.76. The zero-order valence-electron chi connectivity index (χ0n) is 11.1. The van der Waals surface area contributed by atoms with Gasteiger partial charge in [0.15, 0.2) is 0 Å². The second-order valence-corrected chi connectivity index (χ2v) is 5.67. The molecule has 0 saturated heterocycles. The Morgan fingerprint density at radius 3 is 2.68 bits per heavy atom. The number of carbonyl (C=O) groups is 1. The second-order valence-electron chi connectivity index (χ2n) is 4.83. The van der Waals surface area contributed by atoms with Crippen LogP contribution in [0.15, 0.2) is 36.4 Å². The molecule has 1 heterocycles. The molecule has 2 aromatic rings. The minimum Gasteiger partial charge on any atom is -0.321 e. The van der Waals surface area contributed by atoms with Crippen LogP contribution in [0.1, 0.15) is 11.1 Å². The van der Waals surface area contributed by atoms with Crippen molar-refractivity contribution in [3.05, 3.63) is 69.2 Å². The maximum atomic E-state index is 13.9. The lowest BCUT2D eigenvalue weighted by Gasteiger charge is -2.03. The van der Waals surface area contributed by atoms with Crippen molar-refractivity contribution in [2.45, 2.75) is 6.42 Å². The number of rotatable bonds is 2. The van der Waals surface area contributed by atoms with Crippen LogP contribution in [-0.2, 0) is 11.2 Å². The Morgan fingerprint density at radius 1 is 1.14 bits per heavy atom. The zero-order valence-corrected chi connectivity index (χ0v) is 12.6. The van der Waals surface area contributed by atoms with E-state index in [4.69, 9.17) is 23.2 Å². The molecule has 22 heavy (non-hydrogen) atoms. The first-order valence-electron chi connectivity index (χ1n) is 6.40. The van der Waals surface area contributed by atoms with Crippen LogP contribution < -0.4 is 5.32 Å². The topological polar surface area (TPSA) is 29.1 Å². The molecule has 0 fully saturated rings. The maximum absolute atomic E-state index is 13.9. The standard InChI is InChI=1S/C16H9Cl2F2NO/c17-9-2-4-11-12(16(22)21-14(11)6-9)3-1-8-5-10(19)7-13(18)15(8)20/h2-7H,1H2,(H,21,22)/b12-3+. The number of amides is 1. The molecule has 112 valence electrons. The molecule has 0 bridgehead atoms. The summed E-state index contributed by atoms with van der Waals surface area (Å²) in [6.07, 6.45) is 1.59. The largest absolute Gasteiger partial charge is 0.321 e.